The minimum atomic E-state index is -0.735. The van der Waals surface area contributed by atoms with Gasteiger partial charge >= 0.3 is 11.9 Å². The van der Waals surface area contributed by atoms with Crippen molar-refractivity contribution in [3.8, 4) is 0 Å². The molecule has 0 spiro atoms. The maximum atomic E-state index is 10.2. The molecular formula is C12H24O6S. The van der Waals surface area contributed by atoms with E-state index >= 15 is 0 Å². The second-order valence-corrected chi connectivity index (χ2v) is 4.99. The van der Waals surface area contributed by atoms with Crippen molar-refractivity contribution in [3.63, 3.8) is 0 Å². The first-order valence-electron chi connectivity index (χ1n) is 6.27. The zero-order valence-electron chi connectivity index (χ0n) is 11.1. The fraction of sp³-hybridized carbons (Fsp3) is 0.833. The lowest BCUT2D eigenvalue weighted by atomic mass is 10.2. The summed E-state index contributed by atoms with van der Waals surface area (Å²) < 4.78 is 0. The first-order valence-corrected chi connectivity index (χ1v) is 7.43. The average Bonchev–Trinajstić information content (AvgIpc) is 2.36. The average molecular weight is 296 g/mol. The predicted molar refractivity (Wildman–Crippen MR) is 74.5 cm³/mol. The van der Waals surface area contributed by atoms with Gasteiger partial charge in [-0.2, -0.15) is 11.8 Å². The SMILES string of the molecule is O=C(O)CCCCSCCCCC(=O)O.OCCO. The highest BCUT2D eigenvalue weighted by atomic mass is 32.2. The van der Waals surface area contributed by atoms with Crippen LogP contribution < -0.4 is 0 Å². The van der Waals surface area contributed by atoms with Gasteiger partial charge in [0, 0.05) is 12.8 Å². The number of aliphatic hydroxyl groups excluding tert-OH is 2. The van der Waals surface area contributed by atoms with Crippen molar-refractivity contribution in [2.24, 2.45) is 0 Å². The molecule has 0 aliphatic carbocycles. The van der Waals surface area contributed by atoms with Crippen molar-refractivity contribution >= 4 is 23.7 Å². The van der Waals surface area contributed by atoms with Gasteiger partial charge in [0.05, 0.1) is 13.2 Å². The molecule has 0 aliphatic heterocycles. The van der Waals surface area contributed by atoms with Crippen LogP contribution in [0.1, 0.15) is 38.5 Å². The van der Waals surface area contributed by atoms with Crippen LogP contribution in [0.15, 0.2) is 0 Å². The number of carboxylic acid groups (broad SMARTS) is 2. The van der Waals surface area contributed by atoms with Crippen molar-refractivity contribution in [2.45, 2.75) is 38.5 Å². The summed E-state index contributed by atoms with van der Waals surface area (Å²) in [6, 6.07) is 0. The third-order valence-corrected chi connectivity index (χ3v) is 3.11. The first-order chi connectivity index (χ1) is 9.04. The predicted octanol–water partition coefficient (Wildman–Crippen LogP) is 1.20. The number of rotatable bonds is 11. The minimum absolute atomic E-state index is 0.125. The molecule has 6 nitrogen and oxygen atoms in total. The van der Waals surface area contributed by atoms with Gasteiger partial charge in [-0.3, -0.25) is 9.59 Å². The Bertz CT molecular complexity index is 200. The van der Waals surface area contributed by atoms with Crippen LogP contribution in [0.2, 0.25) is 0 Å². The van der Waals surface area contributed by atoms with Crippen molar-refractivity contribution in [2.75, 3.05) is 24.7 Å². The number of hydrogen-bond acceptors (Lipinski definition) is 5. The van der Waals surface area contributed by atoms with E-state index in [2.05, 4.69) is 0 Å². The van der Waals surface area contributed by atoms with E-state index in [4.69, 9.17) is 20.4 Å². The Kier molecular flexibility index (Phi) is 18.6. The summed E-state index contributed by atoms with van der Waals surface area (Å²) in [4.78, 5) is 20.3. The number of carboxylic acids is 2. The Balaban J connectivity index is 0. The van der Waals surface area contributed by atoms with E-state index in [9.17, 15) is 9.59 Å². The molecule has 0 rings (SSSR count). The second kappa shape index (κ2) is 17.2. The Labute approximate surface area is 117 Å². The molecule has 7 heteroatoms. The summed E-state index contributed by atoms with van der Waals surface area (Å²) in [7, 11) is 0. The van der Waals surface area contributed by atoms with E-state index in [1.807, 2.05) is 0 Å². The number of aliphatic carboxylic acids is 2. The molecule has 0 aromatic carbocycles. The summed E-state index contributed by atoms with van der Waals surface area (Å²) in [6.45, 7) is -0.250. The highest BCUT2D eigenvalue weighted by molar-refractivity contribution is 7.99. The minimum Gasteiger partial charge on any atom is -0.481 e. The number of unbranched alkanes of at least 4 members (excludes halogenated alkanes) is 2. The normalized spacial score (nSPS) is 9.58. The molecule has 0 aromatic heterocycles. The molecule has 0 radical (unpaired) electrons. The lowest BCUT2D eigenvalue weighted by Crippen LogP contribution is -1.95. The van der Waals surface area contributed by atoms with Crippen molar-refractivity contribution in [3.05, 3.63) is 0 Å². The Hall–Kier alpha value is -0.790. The largest absolute Gasteiger partial charge is 0.481 e. The van der Waals surface area contributed by atoms with Gasteiger partial charge in [-0.1, -0.05) is 0 Å². The summed E-state index contributed by atoms with van der Waals surface area (Å²) in [6.07, 6.45) is 3.82. The molecule has 0 bridgehead atoms. The van der Waals surface area contributed by atoms with Gasteiger partial charge in [0.15, 0.2) is 0 Å². The van der Waals surface area contributed by atoms with Gasteiger partial charge in [-0.15, -0.1) is 0 Å². The van der Waals surface area contributed by atoms with Crippen LogP contribution in [0, 0.1) is 0 Å². The first kappa shape index (κ1) is 20.5. The van der Waals surface area contributed by atoms with Crippen LogP contribution in [0.25, 0.3) is 0 Å². The maximum absolute atomic E-state index is 10.2. The maximum Gasteiger partial charge on any atom is 0.303 e. The van der Waals surface area contributed by atoms with Crippen LogP contribution >= 0.6 is 11.8 Å². The Morgan fingerprint density at radius 2 is 1.11 bits per heavy atom. The molecule has 0 saturated carbocycles. The number of thioether (sulfide) groups is 1. The summed E-state index contributed by atoms with van der Waals surface area (Å²) in [5.74, 6) is 0.476. The van der Waals surface area contributed by atoms with Gasteiger partial charge in [-0.25, -0.2) is 0 Å². The summed E-state index contributed by atoms with van der Waals surface area (Å²) >= 11 is 1.77. The van der Waals surface area contributed by atoms with Gasteiger partial charge in [0.2, 0.25) is 0 Å². The van der Waals surface area contributed by atoms with E-state index in [0.717, 1.165) is 37.2 Å². The highest BCUT2D eigenvalue weighted by Gasteiger charge is 1.98. The third kappa shape index (κ3) is 26.7. The fourth-order valence-electron chi connectivity index (χ4n) is 1.06. The van der Waals surface area contributed by atoms with Crippen LogP contribution in [0.5, 0.6) is 0 Å². The van der Waals surface area contributed by atoms with Gasteiger partial charge < -0.3 is 20.4 Å². The molecule has 0 aliphatic rings. The van der Waals surface area contributed by atoms with Gasteiger partial charge in [-0.05, 0) is 37.2 Å². The van der Waals surface area contributed by atoms with E-state index in [-0.39, 0.29) is 26.1 Å². The quantitative estimate of drug-likeness (QED) is 0.423. The van der Waals surface area contributed by atoms with Crippen molar-refractivity contribution in [1.82, 2.24) is 0 Å². The molecule has 0 fully saturated rings. The third-order valence-electron chi connectivity index (χ3n) is 1.96. The van der Waals surface area contributed by atoms with Crippen molar-refractivity contribution < 1.29 is 30.0 Å². The standard InChI is InChI=1S/C10H18O4S.C2H6O2/c11-9(12)5-1-3-7-15-8-4-2-6-10(13)14;3-1-2-4/h1-8H2,(H,11,12)(H,13,14);3-4H,1-2H2. The lowest BCUT2D eigenvalue weighted by molar-refractivity contribution is -0.138. The molecule has 0 saturated heterocycles. The van der Waals surface area contributed by atoms with E-state index in [1.165, 1.54) is 0 Å². The molecular weight excluding hydrogens is 272 g/mol. The number of hydrogen-bond donors (Lipinski definition) is 4. The van der Waals surface area contributed by atoms with E-state index < -0.39 is 11.9 Å². The summed E-state index contributed by atoms with van der Waals surface area (Å²) in [5.41, 5.74) is 0. The molecule has 19 heavy (non-hydrogen) atoms. The van der Waals surface area contributed by atoms with Gasteiger partial charge in [0.25, 0.3) is 0 Å². The second-order valence-electron chi connectivity index (χ2n) is 3.76. The molecule has 0 heterocycles. The number of carbonyl (C=O) groups is 2. The van der Waals surface area contributed by atoms with Crippen molar-refractivity contribution in [1.29, 1.82) is 0 Å². The number of aliphatic hydroxyl groups is 2. The topological polar surface area (TPSA) is 115 Å². The Morgan fingerprint density at radius 1 is 0.737 bits per heavy atom. The zero-order valence-corrected chi connectivity index (χ0v) is 11.9. The molecule has 4 N–H and O–H groups in total. The molecule has 0 aromatic rings. The van der Waals surface area contributed by atoms with E-state index in [0.29, 0.717) is 0 Å². The van der Waals surface area contributed by atoms with Crippen LogP contribution in [0.3, 0.4) is 0 Å². The molecule has 114 valence electrons. The molecule has 0 unspecified atom stereocenters. The molecule has 0 amide bonds. The fourth-order valence-corrected chi connectivity index (χ4v) is 2.08. The summed E-state index contributed by atoms with van der Waals surface area (Å²) in [5, 5.41) is 32.0. The van der Waals surface area contributed by atoms with Crippen LogP contribution in [-0.4, -0.2) is 57.1 Å². The Morgan fingerprint density at radius 3 is 1.37 bits per heavy atom. The smallest absolute Gasteiger partial charge is 0.303 e. The lowest BCUT2D eigenvalue weighted by Gasteiger charge is -2.00. The molecule has 0 atom stereocenters. The zero-order chi connectivity index (χ0) is 14.9. The van der Waals surface area contributed by atoms with Crippen LogP contribution in [-0.2, 0) is 9.59 Å². The van der Waals surface area contributed by atoms with E-state index in [1.54, 1.807) is 11.8 Å². The monoisotopic (exact) mass is 296 g/mol. The van der Waals surface area contributed by atoms with Crippen LogP contribution in [0.4, 0.5) is 0 Å². The van der Waals surface area contributed by atoms with Gasteiger partial charge in [0.1, 0.15) is 0 Å². The highest BCUT2D eigenvalue weighted by Crippen LogP contribution is 2.09.